The van der Waals surface area contributed by atoms with Crippen molar-refractivity contribution >= 4 is 39.5 Å². The first-order valence-corrected chi connectivity index (χ1v) is 42.8. The number of phosphoric ester groups is 2. The van der Waals surface area contributed by atoms with Crippen LogP contribution in [-0.4, -0.2) is 96.7 Å². The summed E-state index contributed by atoms with van der Waals surface area (Å²) in [6, 6.07) is 0. The SMILES string of the molecule is CCC(C)CCCCCCCCCCCCCCCCC(=O)O[C@H](COC(=O)CCCCCCCCC(C)CC)COP(=O)(O)OC[C@H](O)COP(=O)(O)OC[C@@H](COC(=O)CCCCCCCCC(C)C)OC(=O)CCCCCCCCCCCCCCCCCCC(C)C. The van der Waals surface area contributed by atoms with Gasteiger partial charge in [-0.2, -0.15) is 0 Å². The second-order valence-electron chi connectivity index (χ2n) is 29.2. The molecule has 570 valence electrons. The van der Waals surface area contributed by atoms with Gasteiger partial charge in [0, 0.05) is 25.7 Å². The maximum absolute atomic E-state index is 13.1. The molecule has 0 amide bonds. The lowest BCUT2D eigenvalue weighted by Crippen LogP contribution is -2.30. The van der Waals surface area contributed by atoms with Crippen molar-refractivity contribution in [3.63, 3.8) is 0 Å². The van der Waals surface area contributed by atoms with Crippen LogP contribution in [0.4, 0.5) is 0 Å². The molecule has 0 heterocycles. The normalized spacial score (nSPS) is 14.7. The highest BCUT2D eigenvalue weighted by Gasteiger charge is 2.30. The van der Waals surface area contributed by atoms with E-state index >= 15 is 0 Å². The summed E-state index contributed by atoms with van der Waals surface area (Å²) in [5.74, 6) is 0.942. The fourth-order valence-corrected chi connectivity index (χ4v) is 13.2. The molecule has 0 saturated carbocycles. The van der Waals surface area contributed by atoms with Gasteiger partial charge >= 0.3 is 39.5 Å². The average molecular weight is 1410 g/mol. The zero-order chi connectivity index (χ0) is 71.0. The van der Waals surface area contributed by atoms with Gasteiger partial charge in [0.25, 0.3) is 0 Å². The lowest BCUT2D eigenvalue weighted by atomic mass is 9.99. The Morgan fingerprint density at radius 2 is 0.500 bits per heavy atom. The quantitative estimate of drug-likeness (QED) is 0.0222. The van der Waals surface area contributed by atoms with Crippen molar-refractivity contribution in [3.8, 4) is 0 Å². The Hall–Kier alpha value is -1.94. The van der Waals surface area contributed by atoms with E-state index in [4.69, 9.17) is 37.0 Å². The smallest absolute Gasteiger partial charge is 0.462 e. The number of phosphoric acid groups is 2. The van der Waals surface area contributed by atoms with Crippen molar-refractivity contribution in [2.24, 2.45) is 23.7 Å². The average Bonchev–Trinajstić information content (AvgIpc) is 1.35. The molecule has 0 aromatic rings. The molecule has 7 atom stereocenters. The highest BCUT2D eigenvalue weighted by molar-refractivity contribution is 7.47. The molecule has 0 spiro atoms. The molecular weight excluding hydrogens is 1260 g/mol. The molecule has 4 unspecified atom stereocenters. The molecule has 0 saturated heterocycles. The molecule has 0 aliphatic heterocycles. The Balaban J connectivity index is 5.18. The topological polar surface area (TPSA) is 237 Å². The third-order valence-corrected chi connectivity index (χ3v) is 20.4. The first-order valence-electron chi connectivity index (χ1n) is 39.8. The van der Waals surface area contributed by atoms with E-state index in [1.165, 1.54) is 180 Å². The second kappa shape index (κ2) is 66.3. The van der Waals surface area contributed by atoms with E-state index in [2.05, 4.69) is 55.4 Å². The molecule has 0 aliphatic carbocycles. The number of aliphatic hydroxyl groups excluding tert-OH is 1. The molecule has 0 fully saturated rings. The Kier molecular flexibility index (Phi) is 65.0. The third kappa shape index (κ3) is 67.9. The fraction of sp³-hybridized carbons (Fsp3) is 0.948. The maximum Gasteiger partial charge on any atom is 0.472 e. The molecule has 96 heavy (non-hydrogen) atoms. The van der Waals surface area contributed by atoms with Gasteiger partial charge in [0.05, 0.1) is 26.4 Å². The van der Waals surface area contributed by atoms with Gasteiger partial charge in [0.2, 0.25) is 0 Å². The number of rotatable bonds is 74. The van der Waals surface area contributed by atoms with Gasteiger partial charge in [0.1, 0.15) is 19.3 Å². The van der Waals surface area contributed by atoms with E-state index in [1.54, 1.807) is 0 Å². The largest absolute Gasteiger partial charge is 0.472 e. The van der Waals surface area contributed by atoms with Crippen LogP contribution in [0.3, 0.4) is 0 Å². The number of carbonyl (C=O) groups is 4. The van der Waals surface area contributed by atoms with E-state index in [1.807, 2.05) is 0 Å². The number of hydrogen-bond donors (Lipinski definition) is 3. The van der Waals surface area contributed by atoms with Gasteiger partial charge in [0.15, 0.2) is 12.2 Å². The Bertz CT molecular complexity index is 1890. The predicted molar refractivity (Wildman–Crippen MR) is 391 cm³/mol. The van der Waals surface area contributed by atoms with Crippen molar-refractivity contribution in [2.45, 2.75) is 408 Å². The summed E-state index contributed by atoms with van der Waals surface area (Å²) in [7, 11) is -9.91. The van der Waals surface area contributed by atoms with E-state index in [9.17, 15) is 43.2 Å². The van der Waals surface area contributed by atoms with Crippen LogP contribution in [0, 0.1) is 23.7 Å². The van der Waals surface area contributed by atoms with E-state index < -0.39 is 97.5 Å². The molecule has 0 aliphatic rings. The number of aliphatic hydroxyl groups is 1. The minimum Gasteiger partial charge on any atom is -0.462 e. The summed E-state index contributed by atoms with van der Waals surface area (Å²) < 4.78 is 68.5. The lowest BCUT2D eigenvalue weighted by Gasteiger charge is -2.21. The molecule has 0 bridgehead atoms. The highest BCUT2D eigenvalue weighted by atomic mass is 31.2. The molecule has 0 aromatic heterocycles. The number of carbonyl (C=O) groups excluding carboxylic acids is 4. The fourth-order valence-electron chi connectivity index (χ4n) is 11.7. The summed E-state index contributed by atoms with van der Waals surface area (Å²) in [5, 5.41) is 10.6. The third-order valence-electron chi connectivity index (χ3n) is 18.5. The minimum atomic E-state index is -4.96. The van der Waals surface area contributed by atoms with Crippen LogP contribution >= 0.6 is 15.6 Å². The molecular formula is C77H150O17P2. The zero-order valence-corrected chi connectivity index (χ0v) is 64.8. The van der Waals surface area contributed by atoms with Crippen molar-refractivity contribution < 1.29 is 80.2 Å². The summed E-state index contributed by atoms with van der Waals surface area (Å²) in [6.07, 6.45) is 51.5. The first kappa shape index (κ1) is 94.1. The van der Waals surface area contributed by atoms with Crippen LogP contribution < -0.4 is 0 Å². The van der Waals surface area contributed by atoms with Gasteiger partial charge in [-0.3, -0.25) is 37.3 Å². The van der Waals surface area contributed by atoms with Crippen molar-refractivity contribution in [1.29, 1.82) is 0 Å². The summed E-state index contributed by atoms with van der Waals surface area (Å²) in [6.45, 7) is 14.2. The monoisotopic (exact) mass is 1410 g/mol. The molecule has 17 nitrogen and oxygen atoms in total. The van der Waals surface area contributed by atoms with Crippen molar-refractivity contribution in [3.05, 3.63) is 0 Å². The van der Waals surface area contributed by atoms with E-state index in [0.717, 1.165) is 120 Å². The van der Waals surface area contributed by atoms with Crippen LogP contribution in [0.25, 0.3) is 0 Å². The van der Waals surface area contributed by atoms with E-state index in [0.29, 0.717) is 31.6 Å². The summed E-state index contributed by atoms with van der Waals surface area (Å²) in [5.41, 5.74) is 0. The predicted octanol–water partition coefficient (Wildman–Crippen LogP) is 22.4. The van der Waals surface area contributed by atoms with Gasteiger partial charge in [-0.15, -0.1) is 0 Å². The summed E-state index contributed by atoms with van der Waals surface area (Å²) in [4.78, 5) is 72.8. The van der Waals surface area contributed by atoms with Crippen molar-refractivity contribution in [1.82, 2.24) is 0 Å². The first-order chi connectivity index (χ1) is 46.2. The van der Waals surface area contributed by atoms with Crippen LogP contribution in [0.15, 0.2) is 0 Å². The molecule has 3 N–H and O–H groups in total. The van der Waals surface area contributed by atoms with Gasteiger partial charge in [-0.05, 0) is 49.4 Å². The standard InChI is InChI=1S/C77H150O17P2/c1-9-69(7)55-47-39-30-26-22-18-15-16-20-24-28-32-44-52-60-77(82)94-73(64-88-75(80)58-50-42-36-34-40-48-56-70(8)10-2)66-92-96(85,86)90-62-71(78)61-89-95(83,84)91-65-72(63-87-74(79)57-49-41-35-33-38-46-54-68(5)6)93-76(81)59-51-43-31-27-23-19-14-12-11-13-17-21-25-29-37-45-53-67(3)4/h67-73,78H,9-66H2,1-8H3,(H,83,84)(H,85,86)/t69?,70?,71-,72-,73-/m1/s1. The van der Waals surface area contributed by atoms with Gasteiger partial charge < -0.3 is 33.8 Å². The molecule has 19 heteroatoms. The van der Waals surface area contributed by atoms with Gasteiger partial charge in [-0.25, -0.2) is 9.13 Å². The Morgan fingerprint density at radius 1 is 0.292 bits per heavy atom. The zero-order valence-electron chi connectivity index (χ0n) is 63.0. The maximum atomic E-state index is 13.1. The van der Waals surface area contributed by atoms with Gasteiger partial charge in [-0.1, -0.05) is 338 Å². The minimum absolute atomic E-state index is 0.106. The molecule has 0 rings (SSSR count). The highest BCUT2D eigenvalue weighted by Crippen LogP contribution is 2.45. The van der Waals surface area contributed by atoms with Crippen LogP contribution in [0.1, 0.15) is 389 Å². The number of esters is 4. The molecule has 0 aromatic carbocycles. The van der Waals surface area contributed by atoms with Crippen molar-refractivity contribution in [2.75, 3.05) is 39.6 Å². The molecule has 0 radical (unpaired) electrons. The Labute approximate surface area is 588 Å². The number of hydrogen-bond acceptors (Lipinski definition) is 15. The second-order valence-corrected chi connectivity index (χ2v) is 32.1. The Morgan fingerprint density at radius 3 is 0.740 bits per heavy atom. The lowest BCUT2D eigenvalue weighted by molar-refractivity contribution is -0.161. The number of ether oxygens (including phenoxy) is 4. The van der Waals surface area contributed by atoms with Crippen LogP contribution in [-0.2, 0) is 65.4 Å². The van der Waals surface area contributed by atoms with Crippen LogP contribution in [0.2, 0.25) is 0 Å². The summed E-state index contributed by atoms with van der Waals surface area (Å²) >= 11 is 0. The number of unbranched alkanes of at least 4 members (excludes halogenated alkanes) is 38. The van der Waals surface area contributed by atoms with E-state index in [-0.39, 0.29) is 25.7 Å². The van der Waals surface area contributed by atoms with Crippen LogP contribution in [0.5, 0.6) is 0 Å².